The number of carbonyl (C=O) groups excluding carboxylic acids is 1. The van der Waals surface area contributed by atoms with Crippen LogP contribution in [-0.2, 0) is 4.79 Å². The molecular weight excluding hydrogens is 302 g/mol. The second kappa shape index (κ2) is 7.45. The summed E-state index contributed by atoms with van der Waals surface area (Å²) in [4.78, 5) is 16.3. The van der Waals surface area contributed by atoms with Gasteiger partial charge in [0.1, 0.15) is 5.75 Å². The van der Waals surface area contributed by atoms with Crippen LogP contribution in [0.1, 0.15) is 30.4 Å². The van der Waals surface area contributed by atoms with Gasteiger partial charge in [0.15, 0.2) is 0 Å². The number of hydrogen-bond acceptors (Lipinski definition) is 4. The SMILES string of the molecule is Cc1ccc(Oc2ccc(NC(=O)CC3CCCN3)cn2)cc1C. The highest BCUT2D eigenvalue weighted by Gasteiger charge is 2.17. The first-order chi connectivity index (χ1) is 11.6. The zero-order chi connectivity index (χ0) is 16.9. The van der Waals surface area contributed by atoms with E-state index in [2.05, 4.69) is 22.5 Å². The number of nitrogens with one attached hydrogen (secondary N) is 2. The van der Waals surface area contributed by atoms with Crippen molar-refractivity contribution in [2.24, 2.45) is 0 Å². The fourth-order valence-electron chi connectivity index (χ4n) is 2.78. The molecule has 5 heteroatoms. The van der Waals surface area contributed by atoms with E-state index in [1.54, 1.807) is 12.3 Å². The van der Waals surface area contributed by atoms with Gasteiger partial charge in [-0.05, 0) is 62.6 Å². The Kier molecular flexibility index (Phi) is 5.11. The molecule has 1 aromatic carbocycles. The van der Waals surface area contributed by atoms with Crippen molar-refractivity contribution in [3.8, 4) is 11.6 Å². The van der Waals surface area contributed by atoms with Crippen LogP contribution in [0.5, 0.6) is 11.6 Å². The maximum atomic E-state index is 12.0. The van der Waals surface area contributed by atoms with E-state index in [9.17, 15) is 4.79 Å². The van der Waals surface area contributed by atoms with Gasteiger partial charge in [0.2, 0.25) is 11.8 Å². The molecule has 0 bridgehead atoms. The molecule has 1 unspecified atom stereocenters. The smallest absolute Gasteiger partial charge is 0.225 e. The Morgan fingerprint density at radius 3 is 2.83 bits per heavy atom. The van der Waals surface area contributed by atoms with Crippen LogP contribution in [0.2, 0.25) is 0 Å². The number of aromatic nitrogens is 1. The standard InChI is InChI=1S/C19H23N3O2/c1-13-5-7-17(10-14(13)2)24-19-8-6-16(12-21-19)22-18(23)11-15-4-3-9-20-15/h5-8,10,12,15,20H,3-4,9,11H2,1-2H3,(H,22,23). The predicted octanol–water partition coefficient (Wildman–Crippen LogP) is 3.57. The third-order valence-corrected chi connectivity index (χ3v) is 4.32. The zero-order valence-corrected chi connectivity index (χ0v) is 14.1. The number of aryl methyl sites for hydroxylation is 2. The molecular formula is C19H23N3O2. The summed E-state index contributed by atoms with van der Waals surface area (Å²) in [6, 6.07) is 9.80. The van der Waals surface area contributed by atoms with Gasteiger partial charge in [-0.1, -0.05) is 6.07 Å². The minimum atomic E-state index is 0.0130. The Bertz CT molecular complexity index is 707. The van der Waals surface area contributed by atoms with Crippen LogP contribution in [0.4, 0.5) is 5.69 Å². The quantitative estimate of drug-likeness (QED) is 0.882. The summed E-state index contributed by atoms with van der Waals surface area (Å²) in [5.41, 5.74) is 3.09. The number of benzene rings is 1. The third kappa shape index (κ3) is 4.32. The van der Waals surface area contributed by atoms with Gasteiger partial charge in [0, 0.05) is 18.5 Å². The van der Waals surface area contributed by atoms with E-state index in [0.29, 0.717) is 24.0 Å². The molecule has 1 saturated heterocycles. The fraction of sp³-hybridized carbons (Fsp3) is 0.368. The molecule has 0 spiro atoms. The number of hydrogen-bond donors (Lipinski definition) is 2. The van der Waals surface area contributed by atoms with Crippen LogP contribution in [0, 0.1) is 13.8 Å². The average molecular weight is 325 g/mol. The van der Waals surface area contributed by atoms with E-state index in [1.807, 2.05) is 31.2 Å². The summed E-state index contributed by atoms with van der Waals surface area (Å²) in [6.07, 6.45) is 4.33. The van der Waals surface area contributed by atoms with Gasteiger partial charge < -0.3 is 15.4 Å². The molecule has 0 aliphatic carbocycles. The van der Waals surface area contributed by atoms with Gasteiger partial charge >= 0.3 is 0 Å². The van der Waals surface area contributed by atoms with Gasteiger partial charge in [0.25, 0.3) is 0 Å². The summed E-state index contributed by atoms with van der Waals surface area (Å²) in [6.45, 7) is 5.12. The lowest BCUT2D eigenvalue weighted by molar-refractivity contribution is -0.116. The predicted molar refractivity (Wildman–Crippen MR) is 94.5 cm³/mol. The van der Waals surface area contributed by atoms with Crippen molar-refractivity contribution in [1.82, 2.24) is 10.3 Å². The lowest BCUT2D eigenvalue weighted by Crippen LogP contribution is -2.27. The summed E-state index contributed by atoms with van der Waals surface area (Å²) >= 11 is 0. The molecule has 126 valence electrons. The highest BCUT2D eigenvalue weighted by atomic mass is 16.5. The maximum Gasteiger partial charge on any atom is 0.225 e. The van der Waals surface area contributed by atoms with Crippen molar-refractivity contribution in [2.45, 2.75) is 39.2 Å². The second-order valence-corrected chi connectivity index (χ2v) is 6.28. The molecule has 3 rings (SSSR count). The number of rotatable bonds is 5. The molecule has 0 radical (unpaired) electrons. The Morgan fingerprint density at radius 1 is 1.29 bits per heavy atom. The Balaban J connectivity index is 1.56. The van der Waals surface area contributed by atoms with Gasteiger partial charge in [-0.25, -0.2) is 4.98 Å². The fourth-order valence-corrected chi connectivity index (χ4v) is 2.78. The molecule has 1 atom stereocenters. The number of amides is 1. The average Bonchev–Trinajstić information content (AvgIpc) is 3.06. The van der Waals surface area contributed by atoms with Crippen LogP contribution >= 0.6 is 0 Å². The van der Waals surface area contributed by atoms with Crippen LogP contribution in [0.15, 0.2) is 36.5 Å². The highest BCUT2D eigenvalue weighted by Crippen LogP contribution is 2.23. The monoisotopic (exact) mass is 325 g/mol. The molecule has 24 heavy (non-hydrogen) atoms. The van der Waals surface area contributed by atoms with E-state index >= 15 is 0 Å². The van der Waals surface area contributed by atoms with Crippen molar-refractivity contribution in [1.29, 1.82) is 0 Å². The molecule has 2 heterocycles. The summed E-state index contributed by atoms with van der Waals surface area (Å²) < 4.78 is 5.75. The lowest BCUT2D eigenvalue weighted by Gasteiger charge is -2.11. The maximum absolute atomic E-state index is 12.0. The first kappa shape index (κ1) is 16.5. The summed E-state index contributed by atoms with van der Waals surface area (Å²) in [5.74, 6) is 1.28. The summed E-state index contributed by atoms with van der Waals surface area (Å²) in [7, 11) is 0. The van der Waals surface area contributed by atoms with Crippen molar-refractivity contribution >= 4 is 11.6 Å². The molecule has 1 fully saturated rings. The van der Waals surface area contributed by atoms with Gasteiger partial charge in [-0.2, -0.15) is 0 Å². The van der Waals surface area contributed by atoms with E-state index in [1.165, 1.54) is 11.1 Å². The third-order valence-electron chi connectivity index (χ3n) is 4.32. The molecule has 0 saturated carbocycles. The van der Waals surface area contributed by atoms with Gasteiger partial charge in [-0.15, -0.1) is 0 Å². The molecule has 5 nitrogen and oxygen atoms in total. The molecule has 1 aliphatic rings. The molecule has 1 amide bonds. The second-order valence-electron chi connectivity index (χ2n) is 6.28. The van der Waals surface area contributed by atoms with E-state index in [0.717, 1.165) is 25.1 Å². The molecule has 2 aromatic rings. The van der Waals surface area contributed by atoms with E-state index < -0.39 is 0 Å². The van der Waals surface area contributed by atoms with Gasteiger partial charge in [0.05, 0.1) is 11.9 Å². The van der Waals surface area contributed by atoms with Crippen molar-refractivity contribution in [2.75, 3.05) is 11.9 Å². The first-order valence-corrected chi connectivity index (χ1v) is 8.34. The topological polar surface area (TPSA) is 63.2 Å². The largest absolute Gasteiger partial charge is 0.439 e. The molecule has 1 aromatic heterocycles. The van der Waals surface area contributed by atoms with Crippen LogP contribution in [0.25, 0.3) is 0 Å². The Labute approximate surface area is 142 Å². The minimum absolute atomic E-state index is 0.0130. The number of anilines is 1. The van der Waals surface area contributed by atoms with E-state index in [4.69, 9.17) is 4.74 Å². The number of pyridine rings is 1. The summed E-state index contributed by atoms with van der Waals surface area (Å²) in [5, 5.41) is 6.20. The number of carbonyl (C=O) groups is 1. The molecule has 1 aliphatic heterocycles. The zero-order valence-electron chi connectivity index (χ0n) is 14.1. The number of ether oxygens (including phenoxy) is 1. The Hall–Kier alpha value is -2.40. The minimum Gasteiger partial charge on any atom is -0.439 e. The normalized spacial score (nSPS) is 16.8. The highest BCUT2D eigenvalue weighted by molar-refractivity contribution is 5.90. The molecule has 2 N–H and O–H groups in total. The van der Waals surface area contributed by atoms with Crippen LogP contribution in [-0.4, -0.2) is 23.5 Å². The van der Waals surface area contributed by atoms with Crippen molar-refractivity contribution in [3.05, 3.63) is 47.7 Å². The van der Waals surface area contributed by atoms with Crippen LogP contribution in [0.3, 0.4) is 0 Å². The lowest BCUT2D eigenvalue weighted by atomic mass is 10.1. The Morgan fingerprint density at radius 2 is 2.17 bits per heavy atom. The number of nitrogens with zero attached hydrogens (tertiary/aromatic N) is 1. The van der Waals surface area contributed by atoms with Crippen LogP contribution < -0.4 is 15.4 Å². The van der Waals surface area contributed by atoms with Crippen molar-refractivity contribution in [3.63, 3.8) is 0 Å². The van der Waals surface area contributed by atoms with Crippen molar-refractivity contribution < 1.29 is 9.53 Å². The van der Waals surface area contributed by atoms with E-state index in [-0.39, 0.29) is 5.91 Å². The first-order valence-electron chi connectivity index (χ1n) is 8.34. The van der Waals surface area contributed by atoms with Gasteiger partial charge in [-0.3, -0.25) is 4.79 Å².